The molecule has 5 heteroatoms. The third-order valence-electron chi connectivity index (χ3n) is 1.48. The van der Waals surface area contributed by atoms with Gasteiger partial charge in [-0.15, -0.1) is 0 Å². The minimum atomic E-state index is -0.891. The Bertz CT molecular complexity index is 262. The fourth-order valence-corrected chi connectivity index (χ4v) is 1.24. The van der Waals surface area contributed by atoms with Crippen molar-refractivity contribution in [2.24, 2.45) is 7.05 Å². The molecule has 4 nitrogen and oxygen atoms in total. The van der Waals surface area contributed by atoms with Gasteiger partial charge in [0.1, 0.15) is 4.60 Å². The van der Waals surface area contributed by atoms with Crippen LogP contribution in [-0.2, 0) is 11.8 Å². The van der Waals surface area contributed by atoms with E-state index in [4.69, 9.17) is 4.74 Å². The summed E-state index contributed by atoms with van der Waals surface area (Å²) in [4.78, 5) is 0. The van der Waals surface area contributed by atoms with Gasteiger partial charge in [0.2, 0.25) is 0 Å². The fraction of sp³-hybridized carbons (Fsp3) is 0.571. The first-order valence-electron chi connectivity index (χ1n) is 3.64. The molecule has 1 unspecified atom stereocenters. The molecule has 0 saturated heterocycles. The first-order valence-corrected chi connectivity index (χ1v) is 4.43. The number of aliphatic hydroxyl groups is 1. The first kappa shape index (κ1) is 9.70. The van der Waals surface area contributed by atoms with Gasteiger partial charge in [0.15, 0.2) is 6.29 Å². The lowest BCUT2D eigenvalue weighted by atomic mass is 10.3. The van der Waals surface area contributed by atoms with Crippen LogP contribution in [0, 0.1) is 0 Å². The van der Waals surface area contributed by atoms with Gasteiger partial charge in [-0.05, 0) is 22.9 Å². The lowest BCUT2D eigenvalue weighted by Gasteiger charge is -2.08. The number of nitrogens with zero attached hydrogens (tertiary/aromatic N) is 2. The number of hydrogen-bond acceptors (Lipinski definition) is 3. The number of aromatic nitrogens is 2. The Balaban J connectivity index is 2.80. The van der Waals surface area contributed by atoms with Crippen molar-refractivity contribution in [3.05, 3.63) is 16.4 Å². The van der Waals surface area contributed by atoms with Crippen molar-refractivity contribution in [2.75, 3.05) is 6.61 Å². The number of aryl methyl sites for hydroxylation is 1. The molecule has 1 aromatic rings. The highest BCUT2D eigenvalue weighted by Gasteiger charge is 2.14. The zero-order chi connectivity index (χ0) is 9.14. The Hall–Kier alpha value is -0.390. The van der Waals surface area contributed by atoms with E-state index in [0.717, 1.165) is 4.60 Å². The SMILES string of the molecule is CCOC(O)c1cnn(C)c1Br. The molecule has 0 radical (unpaired) electrons. The summed E-state index contributed by atoms with van der Waals surface area (Å²) in [5, 5.41) is 13.4. The largest absolute Gasteiger partial charge is 0.364 e. The summed E-state index contributed by atoms with van der Waals surface area (Å²) in [6, 6.07) is 0. The van der Waals surface area contributed by atoms with Crippen LogP contribution in [0.3, 0.4) is 0 Å². The molecular formula is C7H11BrN2O2. The molecule has 0 saturated carbocycles. The van der Waals surface area contributed by atoms with Crippen LogP contribution in [0.15, 0.2) is 10.8 Å². The van der Waals surface area contributed by atoms with Crippen LogP contribution >= 0.6 is 15.9 Å². The minimum absolute atomic E-state index is 0.475. The summed E-state index contributed by atoms with van der Waals surface area (Å²) in [5.74, 6) is 0. The molecule has 0 fully saturated rings. The van der Waals surface area contributed by atoms with E-state index in [2.05, 4.69) is 21.0 Å². The van der Waals surface area contributed by atoms with Crippen LogP contribution in [0.1, 0.15) is 18.8 Å². The van der Waals surface area contributed by atoms with Gasteiger partial charge >= 0.3 is 0 Å². The summed E-state index contributed by atoms with van der Waals surface area (Å²) in [7, 11) is 1.78. The summed E-state index contributed by atoms with van der Waals surface area (Å²) < 4.78 is 7.36. The predicted octanol–water partition coefficient (Wildman–Crippen LogP) is 1.21. The maximum absolute atomic E-state index is 9.41. The molecule has 0 aromatic carbocycles. The van der Waals surface area contributed by atoms with E-state index in [1.54, 1.807) is 17.9 Å². The van der Waals surface area contributed by atoms with Gasteiger partial charge in [0.05, 0.1) is 11.8 Å². The van der Waals surface area contributed by atoms with Crippen molar-refractivity contribution in [3.63, 3.8) is 0 Å². The van der Waals surface area contributed by atoms with Crippen LogP contribution in [0.5, 0.6) is 0 Å². The molecule has 0 amide bonds. The third-order valence-corrected chi connectivity index (χ3v) is 2.45. The molecule has 68 valence electrons. The fourth-order valence-electron chi connectivity index (χ4n) is 0.853. The van der Waals surface area contributed by atoms with Gasteiger partial charge in [-0.2, -0.15) is 5.10 Å². The minimum Gasteiger partial charge on any atom is -0.364 e. The second-order valence-electron chi connectivity index (χ2n) is 2.32. The first-order chi connectivity index (χ1) is 5.66. The maximum Gasteiger partial charge on any atom is 0.185 e. The van der Waals surface area contributed by atoms with Crippen molar-refractivity contribution in [1.82, 2.24) is 9.78 Å². The van der Waals surface area contributed by atoms with Crippen LogP contribution in [0.4, 0.5) is 0 Å². The molecule has 1 aromatic heterocycles. The molecule has 0 aliphatic rings. The summed E-state index contributed by atoms with van der Waals surface area (Å²) in [6.07, 6.45) is 0.683. The Morgan fingerprint density at radius 3 is 2.92 bits per heavy atom. The molecule has 1 heterocycles. The number of halogens is 1. The van der Waals surface area contributed by atoms with Crippen LogP contribution in [0.2, 0.25) is 0 Å². The van der Waals surface area contributed by atoms with Crippen molar-refractivity contribution in [3.8, 4) is 0 Å². The quantitative estimate of drug-likeness (QED) is 0.801. The second-order valence-corrected chi connectivity index (χ2v) is 3.07. The molecule has 0 bridgehead atoms. The van der Waals surface area contributed by atoms with E-state index in [0.29, 0.717) is 12.2 Å². The Morgan fingerprint density at radius 2 is 2.50 bits per heavy atom. The number of rotatable bonds is 3. The molecule has 1 rings (SSSR count). The van der Waals surface area contributed by atoms with Crippen LogP contribution < -0.4 is 0 Å². The maximum atomic E-state index is 9.41. The molecule has 0 aliphatic heterocycles. The van der Waals surface area contributed by atoms with Crippen molar-refractivity contribution in [2.45, 2.75) is 13.2 Å². The average molecular weight is 235 g/mol. The highest BCUT2D eigenvalue weighted by Crippen LogP contribution is 2.22. The highest BCUT2D eigenvalue weighted by atomic mass is 79.9. The summed E-state index contributed by atoms with van der Waals surface area (Å²) in [6.45, 7) is 2.30. The van der Waals surface area contributed by atoms with Gasteiger partial charge in [-0.3, -0.25) is 4.68 Å². The van der Waals surface area contributed by atoms with Gasteiger partial charge in [0.25, 0.3) is 0 Å². The van der Waals surface area contributed by atoms with E-state index < -0.39 is 6.29 Å². The van der Waals surface area contributed by atoms with Gasteiger partial charge in [-0.25, -0.2) is 0 Å². The lowest BCUT2D eigenvalue weighted by molar-refractivity contribution is -0.0984. The molecule has 1 N–H and O–H groups in total. The van der Waals surface area contributed by atoms with Gasteiger partial charge < -0.3 is 9.84 Å². The van der Waals surface area contributed by atoms with E-state index in [9.17, 15) is 5.11 Å². The van der Waals surface area contributed by atoms with E-state index in [-0.39, 0.29) is 0 Å². The molecule has 0 aliphatic carbocycles. The monoisotopic (exact) mass is 234 g/mol. The summed E-state index contributed by atoms with van der Waals surface area (Å²) in [5.41, 5.74) is 0.652. The zero-order valence-corrected chi connectivity index (χ0v) is 8.58. The lowest BCUT2D eigenvalue weighted by Crippen LogP contribution is -2.02. The highest BCUT2D eigenvalue weighted by molar-refractivity contribution is 9.10. The molecule has 12 heavy (non-hydrogen) atoms. The third kappa shape index (κ3) is 1.85. The average Bonchev–Trinajstić information content (AvgIpc) is 2.34. The topological polar surface area (TPSA) is 47.3 Å². The molecule has 0 spiro atoms. The van der Waals surface area contributed by atoms with Crippen molar-refractivity contribution < 1.29 is 9.84 Å². The van der Waals surface area contributed by atoms with E-state index in [1.807, 2.05) is 6.92 Å². The van der Waals surface area contributed by atoms with Gasteiger partial charge in [0, 0.05) is 13.7 Å². The molecular weight excluding hydrogens is 224 g/mol. The van der Waals surface area contributed by atoms with Crippen molar-refractivity contribution in [1.29, 1.82) is 0 Å². The second kappa shape index (κ2) is 4.02. The number of aliphatic hydroxyl groups excluding tert-OH is 1. The zero-order valence-electron chi connectivity index (χ0n) is 6.99. The Kier molecular flexibility index (Phi) is 3.25. The van der Waals surface area contributed by atoms with E-state index in [1.165, 1.54) is 0 Å². The Labute approximate surface area is 79.3 Å². The standard InChI is InChI=1S/C7H11BrN2O2/c1-3-12-7(11)5-4-9-10(2)6(5)8/h4,7,11H,3H2,1-2H3. The van der Waals surface area contributed by atoms with E-state index >= 15 is 0 Å². The normalized spacial score (nSPS) is 13.3. The summed E-state index contributed by atoms with van der Waals surface area (Å²) >= 11 is 3.28. The van der Waals surface area contributed by atoms with Crippen molar-refractivity contribution >= 4 is 15.9 Å². The van der Waals surface area contributed by atoms with Crippen LogP contribution in [-0.4, -0.2) is 21.5 Å². The van der Waals surface area contributed by atoms with Gasteiger partial charge in [-0.1, -0.05) is 0 Å². The van der Waals surface area contributed by atoms with Crippen LogP contribution in [0.25, 0.3) is 0 Å². The number of hydrogen-bond donors (Lipinski definition) is 1. The number of ether oxygens (including phenoxy) is 1. The smallest absolute Gasteiger partial charge is 0.185 e. The molecule has 1 atom stereocenters. The predicted molar refractivity (Wildman–Crippen MR) is 47.5 cm³/mol. The Morgan fingerprint density at radius 1 is 1.83 bits per heavy atom.